The molecule has 0 saturated carbocycles. The maximum Gasteiger partial charge on any atom is 0.500 e. The van der Waals surface area contributed by atoms with Crippen molar-refractivity contribution < 1.29 is 18.1 Å². The molecular weight excluding hydrogens is 264 g/mol. The van der Waals surface area contributed by atoms with Gasteiger partial charge >= 0.3 is 8.80 Å². The molecule has 1 atom stereocenters. The predicted octanol–water partition coefficient (Wildman–Crippen LogP) is 0.535. The summed E-state index contributed by atoms with van der Waals surface area (Å²) in [4.78, 5) is 11.1. The zero-order valence-corrected chi connectivity index (χ0v) is 13.3. The normalized spacial score (nSPS) is 13.1. The molecule has 0 aliphatic carbocycles. The first kappa shape index (κ1) is 18.3. The summed E-state index contributed by atoms with van der Waals surface area (Å²) < 4.78 is 16.0. The largest absolute Gasteiger partial charge is 0.500 e. The Labute approximate surface area is 116 Å². The van der Waals surface area contributed by atoms with Crippen molar-refractivity contribution in [2.24, 2.45) is 0 Å². The number of hydrogen-bond acceptors (Lipinski definition) is 5. The first-order chi connectivity index (χ1) is 9.03. The van der Waals surface area contributed by atoms with Gasteiger partial charge in [-0.3, -0.25) is 4.79 Å². The van der Waals surface area contributed by atoms with Gasteiger partial charge in [0.2, 0.25) is 5.91 Å². The van der Waals surface area contributed by atoms with Crippen molar-refractivity contribution in [2.45, 2.75) is 25.4 Å². The Hall–Kier alpha value is -0.733. The van der Waals surface area contributed by atoms with Crippen LogP contribution in [0.1, 0.15) is 13.3 Å². The fraction of sp³-hybridized carbons (Fsp3) is 0.750. The van der Waals surface area contributed by atoms with Gasteiger partial charge in [0.15, 0.2) is 0 Å². The number of rotatable bonds is 11. The van der Waals surface area contributed by atoms with Crippen molar-refractivity contribution in [1.82, 2.24) is 10.6 Å². The van der Waals surface area contributed by atoms with Crippen LogP contribution in [0, 0.1) is 0 Å². The Morgan fingerprint density at radius 2 is 1.89 bits per heavy atom. The minimum Gasteiger partial charge on any atom is -0.377 e. The van der Waals surface area contributed by atoms with Gasteiger partial charge in [-0.2, -0.15) is 0 Å². The molecule has 0 radical (unpaired) electrons. The Kier molecular flexibility index (Phi) is 9.71. The van der Waals surface area contributed by atoms with Gasteiger partial charge in [-0.05, 0) is 26.0 Å². The molecule has 0 fully saturated rings. The Balaban J connectivity index is 3.75. The lowest BCUT2D eigenvalue weighted by Gasteiger charge is -2.24. The van der Waals surface area contributed by atoms with E-state index in [-0.39, 0.29) is 11.9 Å². The van der Waals surface area contributed by atoms with Crippen LogP contribution in [0.25, 0.3) is 0 Å². The van der Waals surface area contributed by atoms with Gasteiger partial charge in [0, 0.05) is 40.0 Å². The predicted molar refractivity (Wildman–Crippen MR) is 76.9 cm³/mol. The van der Waals surface area contributed by atoms with E-state index in [2.05, 4.69) is 17.2 Å². The summed E-state index contributed by atoms with van der Waals surface area (Å²) in [6.07, 6.45) is 2.16. The molecule has 1 unspecified atom stereocenters. The van der Waals surface area contributed by atoms with E-state index in [1.165, 1.54) is 6.08 Å². The SMILES string of the molecule is C=CC(=O)NC(C)CNCCC[Si](OC)(OC)OC. The van der Waals surface area contributed by atoms with Crippen molar-refractivity contribution in [3.63, 3.8) is 0 Å². The van der Waals surface area contributed by atoms with Crippen molar-refractivity contribution in [1.29, 1.82) is 0 Å². The van der Waals surface area contributed by atoms with Crippen molar-refractivity contribution >= 4 is 14.7 Å². The van der Waals surface area contributed by atoms with E-state index in [1.807, 2.05) is 6.92 Å². The van der Waals surface area contributed by atoms with E-state index in [1.54, 1.807) is 21.3 Å². The molecule has 6 nitrogen and oxygen atoms in total. The van der Waals surface area contributed by atoms with Gasteiger partial charge in [-0.25, -0.2) is 0 Å². The van der Waals surface area contributed by atoms with Crippen LogP contribution in [-0.2, 0) is 18.1 Å². The lowest BCUT2D eigenvalue weighted by atomic mass is 10.3. The summed E-state index contributed by atoms with van der Waals surface area (Å²) in [6, 6.07) is 0.830. The van der Waals surface area contributed by atoms with Crippen LogP contribution >= 0.6 is 0 Å². The number of hydrogen-bond donors (Lipinski definition) is 2. The number of amides is 1. The average molecular weight is 290 g/mol. The first-order valence-electron chi connectivity index (χ1n) is 6.32. The maximum atomic E-state index is 11.1. The highest BCUT2D eigenvalue weighted by atomic mass is 28.4. The molecule has 112 valence electrons. The highest BCUT2D eigenvalue weighted by molar-refractivity contribution is 6.60. The molecule has 7 heteroatoms. The van der Waals surface area contributed by atoms with Crippen LogP contribution in [0.3, 0.4) is 0 Å². The highest BCUT2D eigenvalue weighted by Crippen LogP contribution is 2.14. The van der Waals surface area contributed by atoms with E-state index >= 15 is 0 Å². The molecule has 0 aliphatic heterocycles. The van der Waals surface area contributed by atoms with Gasteiger partial charge in [0.1, 0.15) is 0 Å². The Morgan fingerprint density at radius 1 is 1.32 bits per heavy atom. The van der Waals surface area contributed by atoms with E-state index < -0.39 is 8.80 Å². The van der Waals surface area contributed by atoms with Gasteiger partial charge < -0.3 is 23.9 Å². The van der Waals surface area contributed by atoms with Gasteiger partial charge in [-0.1, -0.05) is 6.58 Å². The smallest absolute Gasteiger partial charge is 0.377 e. The summed E-state index contributed by atoms with van der Waals surface area (Å²) in [5.74, 6) is -0.154. The summed E-state index contributed by atoms with van der Waals surface area (Å²) >= 11 is 0. The lowest BCUT2D eigenvalue weighted by Crippen LogP contribution is -2.43. The fourth-order valence-corrected chi connectivity index (χ4v) is 3.38. The third-order valence-electron chi connectivity index (χ3n) is 2.79. The second-order valence-corrected chi connectivity index (χ2v) is 7.31. The monoisotopic (exact) mass is 290 g/mol. The maximum absolute atomic E-state index is 11.1. The van der Waals surface area contributed by atoms with Crippen molar-refractivity contribution in [3.05, 3.63) is 12.7 Å². The third kappa shape index (κ3) is 7.43. The van der Waals surface area contributed by atoms with Crippen LogP contribution in [0.4, 0.5) is 0 Å². The molecule has 0 aromatic carbocycles. The third-order valence-corrected chi connectivity index (χ3v) is 5.63. The van der Waals surface area contributed by atoms with E-state index in [9.17, 15) is 4.79 Å². The minimum atomic E-state index is -2.45. The molecular formula is C12H26N2O4Si. The van der Waals surface area contributed by atoms with Crippen LogP contribution in [-0.4, -0.2) is 55.2 Å². The first-order valence-corrected chi connectivity index (χ1v) is 8.25. The van der Waals surface area contributed by atoms with Crippen LogP contribution < -0.4 is 10.6 Å². The van der Waals surface area contributed by atoms with Crippen LogP contribution in [0.15, 0.2) is 12.7 Å². The molecule has 0 saturated heterocycles. The lowest BCUT2D eigenvalue weighted by molar-refractivity contribution is -0.117. The summed E-state index contributed by atoms with van der Waals surface area (Å²) in [7, 11) is 2.38. The quantitative estimate of drug-likeness (QED) is 0.330. The van der Waals surface area contributed by atoms with Crippen LogP contribution in [0.5, 0.6) is 0 Å². The van der Waals surface area contributed by atoms with Gasteiger partial charge in [0.25, 0.3) is 0 Å². The second kappa shape index (κ2) is 10.1. The summed E-state index contributed by atoms with van der Waals surface area (Å²) in [5.41, 5.74) is 0. The van der Waals surface area contributed by atoms with Gasteiger partial charge in [-0.15, -0.1) is 0 Å². The Bertz CT molecular complexity index is 264. The van der Waals surface area contributed by atoms with E-state index in [0.29, 0.717) is 6.54 Å². The zero-order chi connectivity index (χ0) is 14.7. The average Bonchev–Trinajstić information content (AvgIpc) is 2.43. The topological polar surface area (TPSA) is 68.8 Å². The zero-order valence-electron chi connectivity index (χ0n) is 12.3. The second-order valence-electron chi connectivity index (χ2n) is 4.22. The number of nitrogens with one attached hydrogen (secondary N) is 2. The molecule has 0 heterocycles. The van der Waals surface area contributed by atoms with Crippen molar-refractivity contribution in [3.8, 4) is 0 Å². The molecule has 0 rings (SSSR count). The summed E-state index contributed by atoms with van der Waals surface area (Å²) in [6.45, 7) is 6.87. The molecule has 0 spiro atoms. The number of carbonyl (C=O) groups is 1. The van der Waals surface area contributed by atoms with E-state index in [4.69, 9.17) is 13.3 Å². The minimum absolute atomic E-state index is 0.0692. The molecule has 0 aromatic heterocycles. The molecule has 0 bridgehead atoms. The van der Waals surface area contributed by atoms with Crippen molar-refractivity contribution in [2.75, 3.05) is 34.4 Å². The molecule has 0 aliphatic rings. The highest BCUT2D eigenvalue weighted by Gasteiger charge is 2.36. The van der Waals surface area contributed by atoms with Crippen LogP contribution in [0.2, 0.25) is 6.04 Å². The molecule has 19 heavy (non-hydrogen) atoms. The molecule has 2 N–H and O–H groups in total. The van der Waals surface area contributed by atoms with Gasteiger partial charge in [0.05, 0.1) is 0 Å². The number of carbonyl (C=O) groups excluding carboxylic acids is 1. The molecule has 0 aromatic rings. The fourth-order valence-electron chi connectivity index (χ4n) is 1.66. The Morgan fingerprint density at radius 3 is 2.37 bits per heavy atom. The standard InChI is InChI=1S/C12H26N2O4Si/c1-6-12(15)14-11(2)10-13-8-7-9-19(16-3,17-4)18-5/h6,11,13H,1,7-10H2,2-5H3,(H,14,15). The molecule has 1 amide bonds. The summed E-state index contributed by atoms with van der Waals surface area (Å²) in [5, 5.41) is 6.05. The van der Waals surface area contributed by atoms with E-state index in [0.717, 1.165) is 19.0 Å².